The largest absolute Gasteiger partial charge is 0.481 e. The maximum atomic E-state index is 12.3. The van der Waals surface area contributed by atoms with Crippen molar-refractivity contribution in [2.75, 3.05) is 6.54 Å². The highest BCUT2D eigenvalue weighted by Gasteiger charge is 2.34. The molecule has 0 saturated carbocycles. The van der Waals surface area contributed by atoms with Gasteiger partial charge in [0.2, 0.25) is 5.91 Å². The maximum Gasteiger partial charge on any atom is 0.435 e. The molecule has 1 heterocycles. The lowest BCUT2D eigenvalue weighted by Gasteiger charge is -2.23. The number of alkyl halides is 3. The molecule has 0 aliphatic carbocycles. The molecule has 1 rings (SSSR count). The highest BCUT2D eigenvalue weighted by Crippen LogP contribution is 2.27. The van der Waals surface area contributed by atoms with Gasteiger partial charge in [0, 0.05) is 12.7 Å². The van der Waals surface area contributed by atoms with E-state index in [9.17, 15) is 22.8 Å². The number of rotatable bonds is 6. The Bertz CT molecular complexity index is 527. The van der Waals surface area contributed by atoms with Gasteiger partial charge in [-0.15, -0.1) is 0 Å². The highest BCUT2D eigenvalue weighted by atomic mass is 19.4. The zero-order valence-electron chi connectivity index (χ0n) is 11.6. The van der Waals surface area contributed by atoms with Crippen LogP contribution in [0.1, 0.15) is 26.0 Å². The lowest BCUT2D eigenvalue weighted by atomic mass is 9.88. The summed E-state index contributed by atoms with van der Waals surface area (Å²) in [6, 6.07) is 0.765. The molecule has 0 aliphatic heterocycles. The minimum atomic E-state index is -4.56. The number of amides is 1. The number of carboxylic acids is 1. The van der Waals surface area contributed by atoms with Crippen molar-refractivity contribution in [2.24, 2.45) is 5.41 Å². The van der Waals surface area contributed by atoms with Crippen molar-refractivity contribution in [1.29, 1.82) is 0 Å². The van der Waals surface area contributed by atoms with Crippen LogP contribution < -0.4 is 5.32 Å². The van der Waals surface area contributed by atoms with Crippen LogP contribution in [0.3, 0.4) is 0 Å². The Morgan fingerprint density at radius 1 is 1.43 bits per heavy atom. The molecule has 1 amide bonds. The first kappa shape index (κ1) is 17.0. The third-order valence-electron chi connectivity index (χ3n) is 3.21. The van der Waals surface area contributed by atoms with Crippen LogP contribution in [0.4, 0.5) is 13.2 Å². The molecule has 0 saturated heterocycles. The lowest BCUT2D eigenvalue weighted by Crippen LogP contribution is -2.41. The van der Waals surface area contributed by atoms with E-state index in [-0.39, 0.29) is 6.54 Å². The van der Waals surface area contributed by atoms with Crippen molar-refractivity contribution < 1.29 is 27.9 Å². The van der Waals surface area contributed by atoms with E-state index in [1.54, 1.807) is 6.92 Å². The number of hydrogen-bond acceptors (Lipinski definition) is 3. The Morgan fingerprint density at radius 3 is 2.48 bits per heavy atom. The Balaban J connectivity index is 2.59. The zero-order valence-corrected chi connectivity index (χ0v) is 11.6. The van der Waals surface area contributed by atoms with Crippen LogP contribution in [-0.4, -0.2) is 33.3 Å². The molecule has 0 spiro atoms. The molecule has 0 bridgehead atoms. The van der Waals surface area contributed by atoms with Crippen molar-refractivity contribution in [3.05, 3.63) is 18.0 Å². The molecule has 118 valence electrons. The molecular weight excluding hydrogens is 291 g/mol. The monoisotopic (exact) mass is 307 g/mol. The van der Waals surface area contributed by atoms with Crippen LogP contribution in [0, 0.1) is 5.41 Å². The standard InChI is InChI=1S/C12H16F3N3O3/c1-3-11(2,10(20)21)7-16-9(19)6-18-5-4-8(17-18)12(13,14)15/h4-5H,3,6-7H2,1-2H3,(H,16,19)(H,20,21). The summed E-state index contributed by atoms with van der Waals surface area (Å²) in [7, 11) is 0. The molecule has 0 radical (unpaired) electrons. The van der Waals surface area contributed by atoms with Gasteiger partial charge in [0.1, 0.15) is 6.54 Å². The van der Waals surface area contributed by atoms with Crippen LogP contribution in [-0.2, 0) is 22.3 Å². The average molecular weight is 307 g/mol. The van der Waals surface area contributed by atoms with Gasteiger partial charge in [-0.1, -0.05) is 6.92 Å². The number of hydrogen-bond donors (Lipinski definition) is 2. The van der Waals surface area contributed by atoms with E-state index in [1.807, 2.05) is 0 Å². The Kier molecular flexibility index (Phi) is 4.97. The number of nitrogens with zero attached hydrogens (tertiary/aromatic N) is 2. The van der Waals surface area contributed by atoms with E-state index >= 15 is 0 Å². The first-order valence-electron chi connectivity index (χ1n) is 6.19. The normalized spacial score (nSPS) is 14.5. The van der Waals surface area contributed by atoms with E-state index < -0.39 is 35.7 Å². The van der Waals surface area contributed by atoms with Gasteiger partial charge in [0.25, 0.3) is 0 Å². The van der Waals surface area contributed by atoms with E-state index in [0.717, 1.165) is 16.9 Å². The minimum Gasteiger partial charge on any atom is -0.481 e. The summed E-state index contributed by atoms with van der Waals surface area (Å²) < 4.78 is 37.9. The van der Waals surface area contributed by atoms with Gasteiger partial charge in [-0.25, -0.2) is 0 Å². The third kappa shape index (κ3) is 4.47. The SMILES string of the molecule is CCC(C)(CNC(=O)Cn1ccc(C(F)(F)F)n1)C(=O)O. The molecule has 2 N–H and O–H groups in total. The summed E-state index contributed by atoms with van der Waals surface area (Å²) in [6.07, 6.45) is -3.22. The average Bonchev–Trinajstić information content (AvgIpc) is 2.84. The lowest BCUT2D eigenvalue weighted by molar-refractivity contribution is -0.148. The molecule has 1 aromatic rings. The second-order valence-electron chi connectivity index (χ2n) is 4.89. The molecule has 9 heteroatoms. The number of aliphatic carboxylic acids is 1. The minimum absolute atomic E-state index is 0.106. The molecule has 6 nitrogen and oxygen atoms in total. The fourth-order valence-corrected chi connectivity index (χ4v) is 1.45. The molecule has 1 aromatic heterocycles. The highest BCUT2D eigenvalue weighted by molar-refractivity contribution is 5.78. The second kappa shape index (κ2) is 6.15. The van der Waals surface area contributed by atoms with Gasteiger partial charge in [0.15, 0.2) is 5.69 Å². The fourth-order valence-electron chi connectivity index (χ4n) is 1.45. The van der Waals surface area contributed by atoms with E-state index in [1.165, 1.54) is 6.92 Å². The van der Waals surface area contributed by atoms with Crippen LogP contribution in [0.5, 0.6) is 0 Å². The van der Waals surface area contributed by atoms with Crippen molar-refractivity contribution in [1.82, 2.24) is 15.1 Å². The number of carbonyl (C=O) groups excluding carboxylic acids is 1. The number of carboxylic acid groups (broad SMARTS) is 1. The molecule has 1 atom stereocenters. The van der Waals surface area contributed by atoms with Crippen LogP contribution in [0.15, 0.2) is 12.3 Å². The van der Waals surface area contributed by atoms with Crippen LogP contribution >= 0.6 is 0 Å². The second-order valence-corrected chi connectivity index (χ2v) is 4.89. The summed E-state index contributed by atoms with van der Waals surface area (Å²) in [6.45, 7) is 2.63. The fraction of sp³-hybridized carbons (Fsp3) is 0.583. The maximum absolute atomic E-state index is 12.3. The predicted molar refractivity (Wildman–Crippen MR) is 66.3 cm³/mol. The van der Waals surface area contributed by atoms with Crippen LogP contribution in [0.2, 0.25) is 0 Å². The van der Waals surface area contributed by atoms with E-state index in [0.29, 0.717) is 6.42 Å². The first-order chi connectivity index (χ1) is 9.58. The van der Waals surface area contributed by atoms with Gasteiger partial charge in [0.05, 0.1) is 5.41 Å². The van der Waals surface area contributed by atoms with E-state index in [2.05, 4.69) is 10.4 Å². The van der Waals surface area contributed by atoms with Gasteiger partial charge in [-0.2, -0.15) is 18.3 Å². The molecule has 0 fully saturated rings. The molecule has 1 unspecified atom stereocenters. The molecule has 21 heavy (non-hydrogen) atoms. The van der Waals surface area contributed by atoms with Crippen molar-refractivity contribution in [3.63, 3.8) is 0 Å². The first-order valence-corrected chi connectivity index (χ1v) is 6.19. The summed E-state index contributed by atoms with van der Waals surface area (Å²) in [5.41, 5.74) is -2.20. The van der Waals surface area contributed by atoms with Gasteiger partial charge < -0.3 is 10.4 Å². The van der Waals surface area contributed by atoms with Gasteiger partial charge in [-0.3, -0.25) is 14.3 Å². The third-order valence-corrected chi connectivity index (χ3v) is 3.21. The summed E-state index contributed by atoms with van der Waals surface area (Å²) in [4.78, 5) is 22.7. The molecular formula is C12H16F3N3O3. The quantitative estimate of drug-likeness (QED) is 0.834. The topological polar surface area (TPSA) is 84.2 Å². The van der Waals surface area contributed by atoms with E-state index in [4.69, 9.17) is 5.11 Å². The number of carbonyl (C=O) groups is 2. The molecule has 0 aliphatic rings. The summed E-state index contributed by atoms with van der Waals surface area (Å²) >= 11 is 0. The smallest absolute Gasteiger partial charge is 0.435 e. The van der Waals surface area contributed by atoms with Gasteiger partial charge >= 0.3 is 12.1 Å². The van der Waals surface area contributed by atoms with Crippen molar-refractivity contribution in [3.8, 4) is 0 Å². The predicted octanol–water partition coefficient (Wildman–Crippen LogP) is 1.52. The van der Waals surface area contributed by atoms with Crippen molar-refractivity contribution in [2.45, 2.75) is 33.0 Å². The Hall–Kier alpha value is -2.06. The Labute approximate surface area is 118 Å². The molecule has 0 aromatic carbocycles. The number of nitrogens with one attached hydrogen (secondary N) is 1. The summed E-state index contributed by atoms with van der Waals surface area (Å²) in [5, 5.41) is 14.7. The number of halogens is 3. The van der Waals surface area contributed by atoms with Crippen molar-refractivity contribution >= 4 is 11.9 Å². The summed E-state index contributed by atoms with van der Waals surface area (Å²) in [5.74, 6) is -1.66. The zero-order chi connectivity index (χ0) is 16.3. The van der Waals surface area contributed by atoms with Crippen LogP contribution in [0.25, 0.3) is 0 Å². The number of aromatic nitrogens is 2. The Morgan fingerprint density at radius 2 is 2.05 bits per heavy atom. The van der Waals surface area contributed by atoms with Gasteiger partial charge in [-0.05, 0) is 19.4 Å².